The first-order valence-electron chi connectivity index (χ1n) is 6.34. The third-order valence-electron chi connectivity index (χ3n) is 4.14. The van der Waals surface area contributed by atoms with Crippen LogP contribution in [0.5, 0.6) is 0 Å². The fraction of sp³-hybridized carbons (Fsp3) is 1.00. The molecule has 16 heavy (non-hydrogen) atoms. The van der Waals surface area contributed by atoms with Crippen molar-refractivity contribution in [2.45, 2.75) is 50.9 Å². The molecular formula is C12H23NO2S. The van der Waals surface area contributed by atoms with Gasteiger partial charge in [0.15, 0.2) is 0 Å². The van der Waals surface area contributed by atoms with E-state index in [9.17, 15) is 5.11 Å². The van der Waals surface area contributed by atoms with Gasteiger partial charge in [-0.1, -0.05) is 6.92 Å². The number of ether oxygens (including phenoxy) is 1. The number of thioether (sulfide) groups is 1. The quantitative estimate of drug-likeness (QED) is 0.694. The maximum absolute atomic E-state index is 10.4. The van der Waals surface area contributed by atoms with E-state index in [0.717, 1.165) is 37.2 Å². The zero-order chi connectivity index (χ0) is 11.6. The van der Waals surface area contributed by atoms with Crippen LogP contribution in [-0.2, 0) is 4.74 Å². The van der Waals surface area contributed by atoms with Gasteiger partial charge in [0.25, 0.3) is 0 Å². The summed E-state index contributed by atoms with van der Waals surface area (Å²) in [7, 11) is 0. The summed E-state index contributed by atoms with van der Waals surface area (Å²) in [5, 5.41) is 10.4. The zero-order valence-corrected chi connectivity index (χ0v) is 10.8. The average Bonchev–Trinajstić information content (AvgIpc) is 2.89. The summed E-state index contributed by atoms with van der Waals surface area (Å²) in [6.07, 6.45) is 4.34. The van der Waals surface area contributed by atoms with Crippen molar-refractivity contribution in [1.82, 2.24) is 0 Å². The van der Waals surface area contributed by atoms with Crippen LogP contribution < -0.4 is 5.73 Å². The molecule has 0 aliphatic carbocycles. The molecular weight excluding hydrogens is 222 g/mol. The maximum atomic E-state index is 10.4. The lowest BCUT2D eigenvalue weighted by Crippen LogP contribution is -2.49. The van der Waals surface area contributed by atoms with E-state index in [1.165, 1.54) is 0 Å². The Bertz CT molecular complexity index is 239. The van der Waals surface area contributed by atoms with E-state index < -0.39 is 0 Å². The molecule has 2 bridgehead atoms. The van der Waals surface area contributed by atoms with E-state index in [1.807, 2.05) is 11.8 Å². The molecule has 0 amide bonds. The highest BCUT2D eigenvalue weighted by atomic mass is 32.2. The monoisotopic (exact) mass is 245 g/mol. The summed E-state index contributed by atoms with van der Waals surface area (Å²) < 4.78 is 5.86. The number of hydrogen-bond acceptors (Lipinski definition) is 4. The lowest BCUT2D eigenvalue weighted by atomic mass is 9.69. The minimum Gasteiger partial charge on any atom is -0.392 e. The van der Waals surface area contributed by atoms with Gasteiger partial charge in [-0.15, -0.1) is 0 Å². The van der Waals surface area contributed by atoms with Crippen LogP contribution in [0.25, 0.3) is 0 Å². The number of fused-ring (bicyclic) bond motifs is 2. The van der Waals surface area contributed by atoms with Crippen LogP contribution in [0.15, 0.2) is 0 Å². The Labute approximate surface area is 102 Å². The smallest absolute Gasteiger partial charge is 0.0673 e. The van der Waals surface area contributed by atoms with Crippen molar-refractivity contribution in [3.05, 3.63) is 0 Å². The van der Waals surface area contributed by atoms with Gasteiger partial charge in [-0.05, 0) is 37.2 Å². The van der Waals surface area contributed by atoms with Gasteiger partial charge in [-0.25, -0.2) is 0 Å². The van der Waals surface area contributed by atoms with E-state index in [0.29, 0.717) is 12.6 Å². The molecule has 2 fully saturated rings. The van der Waals surface area contributed by atoms with Crippen LogP contribution in [0.2, 0.25) is 0 Å². The molecule has 0 radical (unpaired) electrons. The molecule has 0 aromatic heterocycles. The lowest BCUT2D eigenvalue weighted by Gasteiger charge is -2.38. The zero-order valence-electron chi connectivity index (χ0n) is 10.0. The minimum absolute atomic E-state index is 0.142. The summed E-state index contributed by atoms with van der Waals surface area (Å²) in [5.74, 6) is 2.14. The lowest BCUT2D eigenvalue weighted by molar-refractivity contribution is -0.0254. The third-order valence-corrected chi connectivity index (χ3v) is 5.07. The second-order valence-electron chi connectivity index (χ2n) is 4.97. The Kier molecular flexibility index (Phi) is 4.16. The van der Waals surface area contributed by atoms with Crippen molar-refractivity contribution in [3.8, 4) is 0 Å². The molecule has 2 saturated heterocycles. The van der Waals surface area contributed by atoms with Crippen molar-refractivity contribution < 1.29 is 9.84 Å². The molecule has 94 valence electrons. The summed E-state index contributed by atoms with van der Waals surface area (Å²) in [5.41, 5.74) is 5.77. The maximum Gasteiger partial charge on any atom is 0.0673 e. The molecule has 2 heterocycles. The molecule has 4 unspecified atom stereocenters. The normalized spacial score (nSPS) is 39.2. The Balaban J connectivity index is 1.93. The molecule has 3 nitrogen and oxygen atoms in total. The Morgan fingerprint density at radius 1 is 1.56 bits per heavy atom. The van der Waals surface area contributed by atoms with Crippen LogP contribution in [0.3, 0.4) is 0 Å². The minimum atomic E-state index is -0.285. The number of aliphatic hydroxyl groups is 1. The van der Waals surface area contributed by atoms with Gasteiger partial charge in [0, 0.05) is 12.0 Å². The fourth-order valence-electron chi connectivity index (χ4n) is 3.16. The summed E-state index contributed by atoms with van der Waals surface area (Å²) in [4.78, 5) is 0. The highest BCUT2D eigenvalue weighted by Gasteiger charge is 2.54. The molecule has 4 heteroatoms. The summed E-state index contributed by atoms with van der Waals surface area (Å²) in [6.45, 7) is 2.71. The van der Waals surface area contributed by atoms with E-state index >= 15 is 0 Å². The predicted octanol–water partition coefficient (Wildman–Crippen LogP) is 1.39. The van der Waals surface area contributed by atoms with E-state index in [1.54, 1.807) is 0 Å². The van der Waals surface area contributed by atoms with Gasteiger partial charge >= 0.3 is 0 Å². The first-order chi connectivity index (χ1) is 7.73. The Hall–Kier alpha value is 0.230. The van der Waals surface area contributed by atoms with Crippen LogP contribution in [0.4, 0.5) is 0 Å². The van der Waals surface area contributed by atoms with Gasteiger partial charge in [0.1, 0.15) is 0 Å². The Morgan fingerprint density at radius 3 is 2.88 bits per heavy atom. The van der Waals surface area contributed by atoms with E-state index in [-0.39, 0.29) is 17.6 Å². The van der Waals surface area contributed by atoms with Gasteiger partial charge in [-0.2, -0.15) is 11.8 Å². The van der Waals surface area contributed by atoms with Crippen LogP contribution in [0, 0.1) is 5.41 Å². The average molecular weight is 245 g/mol. The number of rotatable bonds is 6. The van der Waals surface area contributed by atoms with Gasteiger partial charge in [0.05, 0.1) is 18.3 Å². The number of aliphatic hydroxyl groups excluding tert-OH is 1. The van der Waals surface area contributed by atoms with Gasteiger partial charge < -0.3 is 15.6 Å². The molecule has 2 aliphatic rings. The van der Waals surface area contributed by atoms with Gasteiger partial charge in [-0.3, -0.25) is 0 Å². The van der Waals surface area contributed by atoms with Crippen molar-refractivity contribution in [2.75, 3.05) is 18.1 Å². The number of hydrogen-bond donors (Lipinski definition) is 2. The first-order valence-corrected chi connectivity index (χ1v) is 7.49. The van der Waals surface area contributed by atoms with Gasteiger partial charge in [0.2, 0.25) is 0 Å². The summed E-state index contributed by atoms with van der Waals surface area (Å²) >= 11 is 1.88. The second-order valence-corrected chi connectivity index (χ2v) is 6.36. The second kappa shape index (κ2) is 5.25. The molecule has 0 saturated carbocycles. The highest BCUT2D eigenvalue weighted by Crippen LogP contribution is 2.49. The summed E-state index contributed by atoms with van der Waals surface area (Å²) in [6, 6.07) is 0. The number of nitrogens with two attached hydrogens (primary N) is 1. The molecule has 3 N–H and O–H groups in total. The van der Waals surface area contributed by atoms with E-state index in [4.69, 9.17) is 10.5 Å². The standard InChI is InChI=1S/C12H23NO2S/c1-2-16-6-5-10(14)12(8-13)7-9-3-4-11(12)15-9/h9-11,14H,2-8,13H2,1H3. The predicted molar refractivity (Wildman–Crippen MR) is 67.6 cm³/mol. The fourth-order valence-corrected chi connectivity index (χ4v) is 3.84. The van der Waals surface area contributed by atoms with Crippen molar-refractivity contribution in [2.24, 2.45) is 11.1 Å². The van der Waals surface area contributed by atoms with Crippen molar-refractivity contribution in [1.29, 1.82) is 0 Å². The van der Waals surface area contributed by atoms with Crippen LogP contribution >= 0.6 is 11.8 Å². The topological polar surface area (TPSA) is 55.5 Å². The SMILES string of the molecule is CCSCCC(O)C1(CN)CC2CCC1O2. The largest absolute Gasteiger partial charge is 0.392 e. The molecule has 0 spiro atoms. The molecule has 4 atom stereocenters. The third kappa shape index (κ3) is 2.13. The van der Waals surface area contributed by atoms with E-state index in [2.05, 4.69) is 6.92 Å². The molecule has 0 aromatic carbocycles. The van der Waals surface area contributed by atoms with Crippen LogP contribution in [-0.4, -0.2) is 41.5 Å². The Morgan fingerprint density at radius 2 is 2.38 bits per heavy atom. The van der Waals surface area contributed by atoms with Crippen LogP contribution in [0.1, 0.15) is 32.6 Å². The molecule has 2 aliphatic heterocycles. The van der Waals surface area contributed by atoms with Crippen molar-refractivity contribution in [3.63, 3.8) is 0 Å². The van der Waals surface area contributed by atoms with Crippen molar-refractivity contribution >= 4 is 11.8 Å². The molecule has 2 rings (SSSR count). The highest BCUT2D eigenvalue weighted by molar-refractivity contribution is 7.99. The molecule has 0 aromatic rings. The first kappa shape index (κ1) is 12.7.